The van der Waals surface area contributed by atoms with Gasteiger partial charge in [-0.25, -0.2) is 9.97 Å². The van der Waals surface area contributed by atoms with Crippen LogP contribution in [-0.2, 0) is 0 Å². The Hall–Kier alpha value is -6.19. The molecule has 2 aromatic heterocycles. The summed E-state index contributed by atoms with van der Waals surface area (Å²) in [6.45, 7) is 0. The molecular formula is C43H27N3. The van der Waals surface area contributed by atoms with Crippen molar-refractivity contribution in [2.45, 2.75) is 0 Å². The zero-order chi connectivity index (χ0) is 30.5. The number of nitrogens with zero attached hydrogens (tertiary/aromatic N) is 3. The highest BCUT2D eigenvalue weighted by Gasteiger charge is 2.21. The van der Waals surface area contributed by atoms with Crippen LogP contribution in [0.1, 0.15) is 0 Å². The van der Waals surface area contributed by atoms with E-state index in [2.05, 4.69) is 120 Å². The second kappa shape index (κ2) is 10.8. The Morgan fingerprint density at radius 2 is 0.804 bits per heavy atom. The third kappa shape index (κ3) is 4.17. The third-order valence-electron chi connectivity index (χ3n) is 8.95. The minimum atomic E-state index is 0.883. The van der Waals surface area contributed by atoms with Crippen LogP contribution in [0.5, 0.6) is 0 Å². The number of hydrogen-bond acceptors (Lipinski definition) is 3. The molecule has 0 spiro atoms. The Bertz CT molecular complexity index is 2520. The highest BCUT2D eigenvalue weighted by atomic mass is 14.8. The van der Waals surface area contributed by atoms with Crippen molar-refractivity contribution < 1.29 is 0 Å². The van der Waals surface area contributed by atoms with Crippen LogP contribution in [0, 0.1) is 0 Å². The van der Waals surface area contributed by atoms with Gasteiger partial charge in [-0.3, -0.25) is 4.98 Å². The average molecular weight is 586 g/mol. The molecule has 0 aliphatic heterocycles. The van der Waals surface area contributed by atoms with Crippen molar-refractivity contribution in [1.82, 2.24) is 15.0 Å². The predicted molar refractivity (Wildman–Crippen MR) is 192 cm³/mol. The SMILES string of the molecule is c1ccc(-c2nc3ccccc3nc2-c2ccc(-c3c4ccccc4c(-c4cccnc4)c4ccccc34)c3ccccc23)cc1. The van der Waals surface area contributed by atoms with Gasteiger partial charge in [0.25, 0.3) is 0 Å². The molecule has 0 saturated carbocycles. The van der Waals surface area contributed by atoms with Gasteiger partial charge in [-0.15, -0.1) is 0 Å². The molecule has 0 aliphatic rings. The molecule has 0 fully saturated rings. The lowest BCUT2D eigenvalue weighted by Gasteiger charge is -2.20. The number of para-hydroxylation sites is 2. The standard InChI is InChI=1S/C43H27N3/c1-2-13-28(14-3-1)42-43(46-39-23-11-10-22-38(39)45-42)37-25-24-36(30-16-4-5-17-31(30)37)41-34-20-8-6-18-32(34)40(29-15-12-26-44-27-29)33-19-7-9-21-35(33)41/h1-27H. The van der Waals surface area contributed by atoms with E-state index in [9.17, 15) is 0 Å². The fraction of sp³-hybridized carbons (Fsp3) is 0. The van der Waals surface area contributed by atoms with Crippen LogP contribution >= 0.6 is 0 Å². The highest BCUT2D eigenvalue weighted by molar-refractivity contribution is 6.24. The van der Waals surface area contributed by atoms with E-state index in [0.29, 0.717) is 0 Å². The average Bonchev–Trinajstić information content (AvgIpc) is 3.13. The molecule has 0 bridgehead atoms. The quantitative estimate of drug-likeness (QED) is 0.193. The van der Waals surface area contributed by atoms with Crippen molar-refractivity contribution in [1.29, 1.82) is 0 Å². The summed E-state index contributed by atoms with van der Waals surface area (Å²) in [5.74, 6) is 0. The maximum atomic E-state index is 5.25. The van der Waals surface area contributed by atoms with Gasteiger partial charge in [0.1, 0.15) is 0 Å². The fourth-order valence-electron chi connectivity index (χ4n) is 6.95. The van der Waals surface area contributed by atoms with Gasteiger partial charge in [-0.1, -0.05) is 133 Å². The maximum Gasteiger partial charge on any atom is 0.0979 e. The molecule has 3 nitrogen and oxygen atoms in total. The molecule has 214 valence electrons. The van der Waals surface area contributed by atoms with Crippen molar-refractivity contribution in [2.75, 3.05) is 0 Å². The lowest BCUT2D eigenvalue weighted by atomic mass is 9.84. The molecule has 46 heavy (non-hydrogen) atoms. The first-order valence-electron chi connectivity index (χ1n) is 15.5. The van der Waals surface area contributed by atoms with Crippen molar-refractivity contribution in [3.63, 3.8) is 0 Å². The summed E-state index contributed by atoms with van der Waals surface area (Å²) >= 11 is 0. The Morgan fingerprint density at radius 3 is 1.41 bits per heavy atom. The molecule has 0 amide bonds. The fourth-order valence-corrected chi connectivity index (χ4v) is 6.95. The van der Waals surface area contributed by atoms with E-state index >= 15 is 0 Å². The van der Waals surface area contributed by atoms with Crippen molar-refractivity contribution in [3.8, 4) is 44.8 Å². The van der Waals surface area contributed by atoms with Crippen LogP contribution in [0.3, 0.4) is 0 Å². The molecule has 0 radical (unpaired) electrons. The van der Waals surface area contributed by atoms with Gasteiger partial charge in [0.15, 0.2) is 0 Å². The van der Waals surface area contributed by atoms with Crippen LogP contribution in [0.25, 0.3) is 88.1 Å². The van der Waals surface area contributed by atoms with E-state index in [1.807, 2.05) is 48.8 Å². The van der Waals surface area contributed by atoms with E-state index in [4.69, 9.17) is 9.97 Å². The van der Waals surface area contributed by atoms with E-state index in [1.54, 1.807) is 0 Å². The van der Waals surface area contributed by atoms with E-state index < -0.39 is 0 Å². The monoisotopic (exact) mass is 585 g/mol. The molecule has 2 heterocycles. The molecule has 7 aromatic carbocycles. The van der Waals surface area contributed by atoms with Gasteiger partial charge in [0, 0.05) is 29.1 Å². The molecular weight excluding hydrogens is 558 g/mol. The first kappa shape index (κ1) is 26.2. The van der Waals surface area contributed by atoms with Crippen molar-refractivity contribution in [2.24, 2.45) is 0 Å². The molecule has 9 rings (SSSR count). The van der Waals surface area contributed by atoms with Gasteiger partial charge in [0.2, 0.25) is 0 Å². The minimum Gasteiger partial charge on any atom is -0.264 e. The Labute approximate surface area is 266 Å². The van der Waals surface area contributed by atoms with E-state index in [-0.39, 0.29) is 0 Å². The summed E-state index contributed by atoms with van der Waals surface area (Å²) < 4.78 is 0. The highest BCUT2D eigenvalue weighted by Crippen LogP contribution is 2.46. The van der Waals surface area contributed by atoms with Gasteiger partial charge in [-0.2, -0.15) is 0 Å². The third-order valence-corrected chi connectivity index (χ3v) is 8.95. The lowest BCUT2D eigenvalue weighted by molar-refractivity contribution is 1.30. The Morgan fingerprint density at radius 1 is 0.326 bits per heavy atom. The number of rotatable bonds is 4. The molecule has 0 aliphatic carbocycles. The number of aromatic nitrogens is 3. The summed E-state index contributed by atoms with van der Waals surface area (Å²) in [5, 5.41) is 7.18. The second-order valence-corrected chi connectivity index (χ2v) is 11.6. The molecule has 9 aromatic rings. The first-order valence-corrected chi connectivity index (χ1v) is 15.5. The molecule has 0 atom stereocenters. The number of hydrogen-bond donors (Lipinski definition) is 0. The summed E-state index contributed by atoms with van der Waals surface area (Å²) in [4.78, 5) is 14.9. The zero-order valence-electron chi connectivity index (χ0n) is 24.9. The number of benzene rings is 7. The summed E-state index contributed by atoms with van der Waals surface area (Å²) in [5.41, 5.74) is 10.4. The summed E-state index contributed by atoms with van der Waals surface area (Å²) in [6.07, 6.45) is 3.80. The van der Waals surface area contributed by atoms with Crippen molar-refractivity contribution >= 4 is 43.4 Å². The van der Waals surface area contributed by atoms with Crippen LogP contribution in [0.4, 0.5) is 0 Å². The van der Waals surface area contributed by atoms with Gasteiger partial charge in [-0.05, 0) is 67.2 Å². The van der Waals surface area contributed by atoms with Crippen LogP contribution in [0.15, 0.2) is 164 Å². The number of fused-ring (bicyclic) bond motifs is 4. The lowest BCUT2D eigenvalue weighted by Crippen LogP contribution is -1.97. The van der Waals surface area contributed by atoms with Crippen molar-refractivity contribution in [3.05, 3.63) is 164 Å². The van der Waals surface area contributed by atoms with Crippen LogP contribution in [-0.4, -0.2) is 15.0 Å². The van der Waals surface area contributed by atoms with Crippen LogP contribution in [0.2, 0.25) is 0 Å². The molecule has 3 heteroatoms. The smallest absolute Gasteiger partial charge is 0.0979 e. The normalized spacial score (nSPS) is 11.5. The molecule has 0 N–H and O–H groups in total. The summed E-state index contributed by atoms with van der Waals surface area (Å²) in [7, 11) is 0. The minimum absolute atomic E-state index is 0.883. The van der Waals surface area contributed by atoms with Gasteiger partial charge < -0.3 is 0 Å². The maximum absolute atomic E-state index is 5.25. The molecule has 0 saturated heterocycles. The van der Waals surface area contributed by atoms with E-state index in [0.717, 1.165) is 44.5 Å². The second-order valence-electron chi connectivity index (χ2n) is 11.6. The van der Waals surface area contributed by atoms with Gasteiger partial charge >= 0.3 is 0 Å². The van der Waals surface area contributed by atoms with E-state index in [1.165, 1.54) is 43.6 Å². The predicted octanol–water partition coefficient (Wildman–Crippen LogP) is 11.2. The topological polar surface area (TPSA) is 38.7 Å². The molecule has 0 unspecified atom stereocenters. The zero-order valence-corrected chi connectivity index (χ0v) is 24.9. The Balaban J connectivity index is 1.37. The summed E-state index contributed by atoms with van der Waals surface area (Å²) in [6, 6.07) is 53.4. The number of pyridine rings is 1. The Kier molecular flexibility index (Phi) is 6.14. The first-order chi connectivity index (χ1) is 22.8. The van der Waals surface area contributed by atoms with Gasteiger partial charge in [0.05, 0.1) is 22.4 Å². The van der Waals surface area contributed by atoms with Crippen LogP contribution < -0.4 is 0 Å². The largest absolute Gasteiger partial charge is 0.264 e.